The number of ether oxygens (including phenoxy) is 3. The first-order chi connectivity index (χ1) is 13.6. The van der Waals surface area contributed by atoms with Crippen LogP contribution in [0.3, 0.4) is 0 Å². The molecule has 6 nitrogen and oxygen atoms in total. The summed E-state index contributed by atoms with van der Waals surface area (Å²) in [5, 5.41) is 0. The third kappa shape index (κ3) is 4.92. The van der Waals surface area contributed by atoms with Crippen molar-refractivity contribution in [3.05, 3.63) is 53.8 Å². The van der Waals surface area contributed by atoms with Crippen molar-refractivity contribution in [2.75, 3.05) is 47.0 Å². The maximum absolute atomic E-state index is 13.6. The lowest BCUT2D eigenvalue weighted by Crippen LogP contribution is -2.49. The molecule has 0 radical (unpaired) electrons. The van der Waals surface area contributed by atoms with E-state index >= 15 is 0 Å². The lowest BCUT2D eigenvalue weighted by Gasteiger charge is -2.34. The highest BCUT2D eigenvalue weighted by atomic mass is 19.1. The summed E-state index contributed by atoms with van der Waals surface area (Å²) < 4.78 is 29.5. The number of halogens is 1. The maximum Gasteiger partial charge on any atom is 0.260 e. The highest BCUT2D eigenvalue weighted by Crippen LogP contribution is 2.28. The van der Waals surface area contributed by atoms with Gasteiger partial charge in [-0.3, -0.25) is 9.69 Å². The van der Waals surface area contributed by atoms with Crippen LogP contribution in [0.5, 0.6) is 17.2 Å². The Bertz CT molecular complexity index is 807. The smallest absolute Gasteiger partial charge is 0.260 e. The fourth-order valence-corrected chi connectivity index (χ4v) is 3.19. The highest BCUT2D eigenvalue weighted by molar-refractivity contribution is 5.77. The summed E-state index contributed by atoms with van der Waals surface area (Å²) in [6.07, 6.45) is 0. The number of para-hydroxylation sites is 1. The van der Waals surface area contributed by atoms with Crippen LogP contribution in [0, 0.1) is 5.82 Å². The van der Waals surface area contributed by atoms with Gasteiger partial charge in [0.15, 0.2) is 29.7 Å². The molecule has 0 aliphatic carbocycles. The maximum atomic E-state index is 13.6. The van der Waals surface area contributed by atoms with Crippen molar-refractivity contribution in [2.45, 2.75) is 6.54 Å². The van der Waals surface area contributed by atoms with Gasteiger partial charge in [-0.2, -0.15) is 0 Å². The highest BCUT2D eigenvalue weighted by Gasteiger charge is 2.22. The second-order valence-electron chi connectivity index (χ2n) is 6.57. The monoisotopic (exact) mass is 388 g/mol. The van der Waals surface area contributed by atoms with Crippen LogP contribution in [-0.2, 0) is 11.3 Å². The minimum atomic E-state index is -0.463. The number of carbonyl (C=O) groups is 1. The van der Waals surface area contributed by atoms with Crippen LogP contribution >= 0.6 is 0 Å². The Balaban J connectivity index is 1.47. The van der Waals surface area contributed by atoms with Gasteiger partial charge in [0.25, 0.3) is 5.91 Å². The van der Waals surface area contributed by atoms with E-state index in [0.717, 1.165) is 25.2 Å². The van der Waals surface area contributed by atoms with E-state index in [1.807, 2.05) is 18.2 Å². The van der Waals surface area contributed by atoms with Gasteiger partial charge in [-0.25, -0.2) is 4.39 Å². The van der Waals surface area contributed by atoms with Crippen LogP contribution in [0.2, 0.25) is 0 Å². The van der Waals surface area contributed by atoms with Gasteiger partial charge in [-0.15, -0.1) is 0 Å². The number of amides is 1. The van der Waals surface area contributed by atoms with Crippen LogP contribution in [0.1, 0.15) is 5.56 Å². The number of methoxy groups -OCH3 is 2. The van der Waals surface area contributed by atoms with Gasteiger partial charge in [-0.05, 0) is 29.8 Å². The minimum absolute atomic E-state index is 0.0999. The Labute approximate surface area is 164 Å². The van der Waals surface area contributed by atoms with Crippen molar-refractivity contribution in [1.29, 1.82) is 0 Å². The van der Waals surface area contributed by atoms with E-state index in [-0.39, 0.29) is 18.3 Å². The van der Waals surface area contributed by atoms with Gasteiger partial charge in [0.05, 0.1) is 14.2 Å². The molecule has 0 N–H and O–H groups in total. The molecule has 1 aliphatic rings. The summed E-state index contributed by atoms with van der Waals surface area (Å²) in [7, 11) is 3.24. The van der Waals surface area contributed by atoms with Crippen LogP contribution in [0.4, 0.5) is 4.39 Å². The molecule has 1 heterocycles. The van der Waals surface area contributed by atoms with Crippen molar-refractivity contribution < 1.29 is 23.4 Å². The number of carbonyl (C=O) groups excluding carboxylic acids is 1. The second-order valence-corrected chi connectivity index (χ2v) is 6.57. The first-order valence-electron chi connectivity index (χ1n) is 9.19. The van der Waals surface area contributed by atoms with Gasteiger partial charge in [-0.1, -0.05) is 18.2 Å². The molecule has 1 amide bonds. The normalized spacial score (nSPS) is 14.6. The predicted molar refractivity (Wildman–Crippen MR) is 103 cm³/mol. The molecular formula is C21H25FN2O4. The molecule has 1 aliphatic heterocycles. The van der Waals surface area contributed by atoms with Crippen LogP contribution in [0.15, 0.2) is 42.5 Å². The van der Waals surface area contributed by atoms with Crippen LogP contribution in [0.25, 0.3) is 0 Å². The fourth-order valence-electron chi connectivity index (χ4n) is 3.19. The summed E-state index contributed by atoms with van der Waals surface area (Å²) >= 11 is 0. The molecule has 2 aromatic rings. The first-order valence-corrected chi connectivity index (χ1v) is 9.19. The number of benzene rings is 2. The topological polar surface area (TPSA) is 51.2 Å². The summed E-state index contributed by atoms with van der Waals surface area (Å²) in [5.74, 6) is 0.919. The molecule has 0 saturated carbocycles. The van der Waals surface area contributed by atoms with Crippen molar-refractivity contribution in [1.82, 2.24) is 9.80 Å². The molecule has 0 spiro atoms. The Kier molecular flexibility index (Phi) is 6.71. The second kappa shape index (κ2) is 9.41. The summed E-state index contributed by atoms with van der Waals surface area (Å²) in [6, 6.07) is 12.0. The summed E-state index contributed by atoms with van der Waals surface area (Å²) in [6.45, 7) is 3.38. The first kappa shape index (κ1) is 19.9. The van der Waals surface area contributed by atoms with Gasteiger partial charge < -0.3 is 19.1 Å². The third-order valence-corrected chi connectivity index (χ3v) is 4.77. The zero-order chi connectivity index (χ0) is 19.9. The Hall–Kier alpha value is -2.80. The van der Waals surface area contributed by atoms with E-state index in [1.54, 1.807) is 31.3 Å². The molecule has 0 bridgehead atoms. The van der Waals surface area contributed by atoms with Gasteiger partial charge in [0.1, 0.15) is 0 Å². The molecule has 1 fully saturated rings. The quantitative estimate of drug-likeness (QED) is 0.730. The lowest BCUT2D eigenvalue weighted by molar-refractivity contribution is -0.135. The molecule has 0 aromatic heterocycles. The van der Waals surface area contributed by atoms with E-state index < -0.39 is 5.82 Å². The van der Waals surface area contributed by atoms with E-state index in [9.17, 15) is 9.18 Å². The van der Waals surface area contributed by atoms with Crippen molar-refractivity contribution >= 4 is 5.91 Å². The third-order valence-electron chi connectivity index (χ3n) is 4.77. The summed E-state index contributed by atoms with van der Waals surface area (Å²) in [4.78, 5) is 16.4. The number of piperazine rings is 1. The minimum Gasteiger partial charge on any atom is -0.493 e. The zero-order valence-corrected chi connectivity index (χ0v) is 16.2. The molecule has 1 saturated heterocycles. The molecule has 3 rings (SSSR count). The lowest BCUT2D eigenvalue weighted by atomic mass is 10.1. The standard InChI is InChI=1S/C21H25FN2O4/c1-26-19-8-7-16(13-20(19)27-2)14-23-9-11-24(12-10-23)21(25)15-28-18-6-4-3-5-17(18)22/h3-8,13H,9-12,14-15H2,1-2H3. The zero-order valence-electron chi connectivity index (χ0n) is 16.2. The van der Waals surface area contributed by atoms with E-state index in [0.29, 0.717) is 24.6 Å². The van der Waals surface area contributed by atoms with Crippen molar-refractivity contribution in [3.8, 4) is 17.2 Å². The average Bonchev–Trinajstić information content (AvgIpc) is 2.73. The van der Waals surface area contributed by atoms with E-state index in [1.165, 1.54) is 12.1 Å². The molecule has 0 atom stereocenters. The van der Waals surface area contributed by atoms with Gasteiger partial charge in [0, 0.05) is 32.7 Å². The van der Waals surface area contributed by atoms with Gasteiger partial charge >= 0.3 is 0 Å². The molecule has 7 heteroatoms. The average molecular weight is 388 g/mol. The van der Waals surface area contributed by atoms with Crippen molar-refractivity contribution in [3.63, 3.8) is 0 Å². The molecular weight excluding hydrogens is 363 g/mol. The van der Waals surface area contributed by atoms with Crippen molar-refractivity contribution in [2.24, 2.45) is 0 Å². The Morgan fingerprint density at radius 3 is 2.36 bits per heavy atom. The Morgan fingerprint density at radius 2 is 1.68 bits per heavy atom. The molecule has 150 valence electrons. The number of hydrogen-bond acceptors (Lipinski definition) is 5. The SMILES string of the molecule is COc1ccc(CN2CCN(C(=O)COc3ccccc3F)CC2)cc1OC. The number of rotatable bonds is 7. The number of hydrogen-bond donors (Lipinski definition) is 0. The van der Waals surface area contributed by atoms with E-state index in [4.69, 9.17) is 14.2 Å². The molecule has 0 unspecified atom stereocenters. The van der Waals surface area contributed by atoms with E-state index in [2.05, 4.69) is 4.90 Å². The van der Waals surface area contributed by atoms with Crippen LogP contribution < -0.4 is 14.2 Å². The number of nitrogens with zero attached hydrogens (tertiary/aromatic N) is 2. The molecule has 28 heavy (non-hydrogen) atoms. The Morgan fingerprint density at radius 1 is 0.964 bits per heavy atom. The fraction of sp³-hybridized carbons (Fsp3) is 0.381. The van der Waals surface area contributed by atoms with Crippen LogP contribution in [-0.4, -0.2) is 62.7 Å². The van der Waals surface area contributed by atoms with Gasteiger partial charge in [0.2, 0.25) is 0 Å². The predicted octanol–water partition coefficient (Wildman–Crippen LogP) is 2.57. The molecule has 2 aromatic carbocycles. The summed E-state index contributed by atoms with van der Waals surface area (Å²) in [5.41, 5.74) is 1.13. The largest absolute Gasteiger partial charge is 0.493 e.